The molecular weight excluding hydrogens is 249 g/mol. The molecule has 0 spiro atoms. The van der Waals surface area contributed by atoms with Crippen molar-refractivity contribution >= 4 is 30.0 Å². The van der Waals surface area contributed by atoms with Crippen molar-refractivity contribution < 1.29 is 14.8 Å². The maximum Gasteiger partial charge on any atom is 0.488 e. The number of nitrogens with one attached hydrogen (secondary N) is 2. The first-order valence-corrected chi connectivity index (χ1v) is 5.56. The van der Waals surface area contributed by atoms with E-state index in [2.05, 4.69) is 10.4 Å². The van der Waals surface area contributed by atoms with Gasteiger partial charge in [-0.1, -0.05) is 12.1 Å². The molecule has 0 unspecified atom stereocenters. The monoisotopic (exact) mass is 265 g/mol. The minimum absolute atomic E-state index is 0.141. The summed E-state index contributed by atoms with van der Waals surface area (Å²) in [6, 6.07) is 6.37. The van der Waals surface area contributed by atoms with Crippen LogP contribution in [-0.2, 0) is 4.79 Å². The Morgan fingerprint density at radius 2 is 2.00 bits per heavy atom. The van der Waals surface area contributed by atoms with Crippen LogP contribution < -0.4 is 28.0 Å². The Kier molecular flexibility index (Phi) is 5.96. The zero-order chi connectivity index (χ0) is 14.3. The average Bonchev–Trinajstić information content (AvgIpc) is 2.43. The van der Waals surface area contributed by atoms with Crippen molar-refractivity contribution in [2.75, 3.05) is 0 Å². The Bertz CT molecular complexity index is 466. The van der Waals surface area contributed by atoms with Crippen LogP contribution in [0.5, 0.6) is 0 Å². The van der Waals surface area contributed by atoms with E-state index in [-0.39, 0.29) is 18.7 Å². The van der Waals surface area contributed by atoms with Gasteiger partial charge in [-0.3, -0.25) is 10.2 Å². The molecule has 0 saturated carbocycles. The molecule has 0 aliphatic heterocycles. The maximum atomic E-state index is 11.0. The zero-order valence-corrected chi connectivity index (χ0v) is 10.2. The smallest absolute Gasteiger partial charge is 0.423 e. The number of nitrogens with two attached hydrogens (primary N) is 2. The van der Waals surface area contributed by atoms with Crippen molar-refractivity contribution in [3.8, 4) is 0 Å². The number of aliphatic imine (C=N–C) groups is 1. The highest BCUT2D eigenvalue weighted by molar-refractivity contribution is 6.58. The van der Waals surface area contributed by atoms with Crippen LogP contribution in [0.3, 0.4) is 0 Å². The number of amides is 1. The van der Waals surface area contributed by atoms with Crippen LogP contribution in [0.2, 0.25) is 0 Å². The topological polar surface area (TPSA) is 146 Å². The molecule has 102 valence electrons. The average molecular weight is 265 g/mol. The normalized spacial score (nSPS) is 11.1. The van der Waals surface area contributed by atoms with Crippen molar-refractivity contribution in [1.29, 1.82) is 0 Å². The molecule has 1 rings (SSSR count). The molecule has 0 aliphatic carbocycles. The largest absolute Gasteiger partial charge is 0.488 e. The fourth-order valence-corrected chi connectivity index (χ4v) is 1.38. The second kappa shape index (κ2) is 7.49. The van der Waals surface area contributed by atoms with Gasteiger partial charge < -0.3 is 15.5 Å². The van der Waals surface area contributed by atoms with Gasteiger partial charge in [0.25, 0.3) is 0 Å². The number of amidine groups is 1. The molecule has 0 fully saturated rings. The molecule has 0 aromatic heterocycles. The van der Waals surface area contributed by atoms with Crippen molar-refractivity contribution in [3.63, 3.8) is 0 Å². The van der Waals surface area contributed by atoms with E-state index >= 15 is 0 Å². The van der Waals surface area contributed by atoms with E-state index < -0.39 is 7.12 Å². The zero-order valence-electron chi connectivity index (χ0n) is 10.2. The Balaban J connectivity index is 2.79. The minimum atomic E-state index is -1.56. The number of rotatable bonds is 5. The lowest BCUT2D eigenvalue weighted by atomic mass is 9.80. The highest BCUT2D eigenvalue weighted by Crippen LogP contribution is 2.10. The number of nitrogens with zero attached hydrogens (tertiary/aromatic N) is 1. The second-order valence-corrected chi connectivity index (χ2v) is 3.74. The van der Waals surface area contributed by atoms with Crippen molar-refractivity contribution in [2.45, 2.75) is 12.8 Å². The first-order valence-electron chi connectivity index (χ1n) is 5.56. The number of carbonyl (C=O) groups is 1. The molecule has 8 nitrogen and oxygen atoms in total. The van der Waals surface area contributed by atoms with Gasteiger partial charge in [0.1, 0.15) is 5.84 Å². The Hall–Kier alpha value is -1.94. The number of carbonyl (C=O) groups excluding carboxylic acids is 1. The molecular formula is C10H16BN5O3. The summed E-state index contributed by atoms with van der Waals surface area (Å²) < 4.78 is 0. The van der Waals surface area contributed by atoms with E-state index in [0.717, 1.165) is 0 Å². The van der Waals surface area contributed by atoms with Crippen LogP contribution in [-0.4, -0.2) is 28.9 Å². The lowest BCUT2D eigenvalue weighted by molar-refractivity contribution is -0.121. The van der Waals surface area contributed by atoms with Gasteiger partial charge in [-0.25, -0.2) is 16.7 Å². The molecule has 0 atom stereocenters. The molecule has 0 saturated heterocycles. The molecule has 0 bridgehead atoms. The Labute approximate surface area is 110 Å². The molecule has 0 heterocycles. The van der Waals surface area contributed by atoms with E-state index in [1.54, 1.807) is 18.2 Å². The Morgan fingerprint density at radius 3 is 2.58 bits per heavy atom. The molecule has 1 aromatic carbocycles. The summed E-state index contributed by atoms with van der Waals surface area (Å²) in [5, 5.41) is 18.1. The SMILES string of the molecule is NNC(=O)CCC(=Nc1cccc(B(O)O)c1)NN. The first kappa shape index (κ1) is 15.1. The fourth-order valence-electron chi connectivity index (χ4n) is 1.38. The van der Waals surface area contributed by atoms with Crippen LogP contribution in [0, 0.1) is 0 Å². The third kappa shape index (κ3) is 5.06. The van der Waals surface area contributed by atoms with Gasteiger partial charge in [0.2, 0.25) is 5.91 Å². The lowest BCUT2D eigenvalue weighted by Crippen LogP contribution is -2.34. The minimum Gasteiger partial charge on any atom is -0.423 e. The van der Waals surface area contributed by atoms with E-state index in [1.807, 2.05) is 5.43 Å². The standard InChI is InChI=1S/C10H16BN5O3/c12-15-9(4-5-10(17)16-13)14-8-3-1-2-7(6-8)11(18)19/h1-3,6,18-19H,4-5,12-13H2,(H,14,15)(H,16,17). The summed E-state index contributed by atoms with van der Waals surface area (Å²) in [5.74, 6) is 10.3. The van der Waals surface area contributed by atoms with Crippen LogP contribution in [0.15, 0.2) is 29.3 Å². The van der Waals surface area contributed by atoms with Gasteiger partial charge in [0, 0.05) is 12.8 Å². The highest BCUT2D eigenvalue weighted by atomic mass is 16.4. The number of hydrazine groups is 2. The third-order valence-corrected chi connectivity index (χ3v) is 2.35. The molecule has 0 aliphatic rings. The predicted molar refractivity (Wildman–Crippen MR) is 72.2 cm³/mol. The van der Waals surface area contributed by atoms with Crippen LogP contribution in [0.25, 0.3) is 0 Å². The van der Waals surface area contributed by atoms with E-state index in [4.69, 9.17) is 21.7 Å². The summed E-state index contributed by atoms with van der Waals surface area (Å²) >= 11 is 0. The van der Waals surface area contributed by atoms with E-state index in [0.29, 0.717) is 17.0 Å². The number of hydrogen-bond acceptors (Lipinski definition) is 6. The molecule has 0 radical (unpaired) electrons. The lowest BCUT2D eigenvalue weighted by Gasteiger charge is -2.06. The highest BCUT2D eigenvalue weighted by Gasteiger charge is 2.10. The van der Waals surface area contributed by atoms with Gasteiger partial charge in [-0.2, -0.15) is 0 Å². The summed E-state index contributed by atoms with van der Waals surface area (Å²) in [4.78, 5) is 15.2. The van der Waals surface area contributed by atoms with Gasteiger partial charge in [0.05, 0.1) is 5.69 Å². The number of benzene rings is 1. The molecule has 1 amide bonds. The Morgan fingerprint density at radius 1 is 1.26 bits per heavy atom. The summed E-state index contributed by atoms with van der Waals surface area (Å²) in [7, 11) is -1.56. The molecule has 9 heteroatoms. The number of hydrogen-bond donors (Lipinski definition) is 6. The van der Waals surface area contributed by atoms with Crippen molar-refractivity contribution in [3.05, 3.63) is 24.3 Å². The summed E-state index contributed by atoms with van der Waals surface area (Å²) in [6.45, 7) is 0. The molecule has 8 N–H and O–H groups in total. The van der Waals surface area contributed by atoms with Crippen LogP contribution in [0.4, 0.5) is 5.69 Å². The van der Waals surface area contributed by atoms with E-state index in [1.165, 1.54) is 6.07 Å². The predicted octanol–water partition coefficient (Wildman–Crippen LogP) is -2.37. The van der Waals surface area contributed by atoms with Crippen molar-refractivity contribution in [2.24, 2.45) is 16.7 Å². The molecule has 1 aromatic rings. The maximum absolute atomic E-state index is 11.0. The summed E-state index contributed by atoms with van der Waals surface area (Å²) in [6.07, 6.45) is 0.424. The van der Waals surface area contributed by atoms with Crippen LogP contribution >= 0.6 is 0 Å². The van der Waals surface area contributed by atoms with Gasteiger partial charge in [0.15, 0.2) is 0 Å². The quantitative estimate of drug-likeness (QED) is 0.0875. The summed E-state index contributed by atoms with van der Waals surface area (Å²) in [5.41, 5.74) is 5.20. The van der Waals surface area contributed by atoms with E-state index in [9.17, 15) is 4.79 Å². The second-order valence-electron chi connectivity index (χ2n) is 3.74. The third-order valence-electron chi connectivity index (χ3n) is 2.35. The molecule has 19 heavy (non-hydrogen) atoms. The van der Waals surface area contributed by atoms with Crippen LogP contribution in [0.1, 0.15) is 12.8 Å². The van der Waals surface area contributed by atoms with Gasteiger partial charge in [-0.05, 0) is 17.6 Å². The van der Waals surface area contributed by atoms with Crippen molar-refractivity contribution in [1.82, 2.24) is 10.9 Å². The first-order chi connectivity index (χ1) is 9.06. The fraction of sp³-hybridized carbons (Fsp3) is 0.200. The van der Waals surface area contributed by atoms with Gasteiger partial charge >= 0.3 is 7.12 Å². The van der Waals surface area contributed by atoms with Gasteiger partial charge in [-0.15, -0.1) is 0 Å².